The molecule has 0 unspecified atom stereocenters. The third-order valence-electron chi connectivity index (χ3n) is 2.48. The van der Waals surface area contributed by atoms with Crippen LogP contribution in [0, 0.1) is 0 Å². The van der Waals surface area contributed by atoms with E-state index < -0.39 is 5.54 Å². The van der Waals surface area contributed by atoms with Gasteiger partial charge in [-0.05, 0) is 55.4 Å². The van der Waals surface area contributed by atoms with Crippen LogP contribution in [0.5, 0.6) is 0 Å². The van der Waals surface area contributed by atoms with Crippen LogP contribution < -0.4 is 10.6 Å². The number of halogens is 1. The fourth-order valence-electron chi connectivity index (χ4n) is 1.12. The molecule has 0 saturated heterocycles. The van der Waals surface area contributed by atoms with Crippen LogP contribution in [0.4, 0.5) is 0 Å². The standard InChI is InChI=1S/C11H17BrN2OS/c1-11(2,13-3)10(15)14-7-6-8-4-5-9(12)16-8/h4-5,13H,6-7H2,1-3H3,(H,14,15). The normalized spacial score (nSPS) is 11.5. The van der Waals surface area contributed by atoms with Crippen LogP contribution in [0.25, 0.3) is 0 Å². The van der Waals surface area contributed by atoms with Crippen LogP contribution in [0.1, 0.15) is 18.7 Å². The first-order valence-electron chi connectivity index (χ1n) is 5.17. The largest absolute Gasteiger partial charge is 0.354 e. The number of hydrogen-bond acceptors (Lipinski definition) is 3. The summed E-state index contributed by atoms with van der Waals surface area (Å²) < 4.78 is 1.13. The average Bonchev–Trinajstić information content (AvgIpc) is 2.64. The van der Waals surface area contributed by atoms with Crippen molar-refractivity contribution in [2.45, 2.75) is 25.8 Å². The van der Waals surface area contributed by atoms with Crippen LogP contribution in [-0.4, -0.2) is 25.0 Å². The predicted octanol–water partition coefficient (Wildman–Crippen LogP) is 2.17. The number of amides is 1. The van der Waals surface area contributed by atoms with E-state index in [0.717, 1.165) is 10.2 Å². The third-order valence-corrected chi connectivity index (χ3v) is 4.16. The van der Waals surface area contributed by atoms with E-state index >= 15 is 0 Å². The van der Waals surface area contributed by atoms with E-state index in [4.69, 9.17) is 0 Å². The molecule has 16 heavy (non-hydrogen) atoms. The Morgan fingerprint density at radius 2 is 2.19 bits per heavy atom. The van der Waals surface area contributed by atoms with Gasteiger partial charge in [-0.2, -0.15) is 0 Å². The molecule has 5 heteroatoms. The van der Waals surface area contributed by atoms with Crippen molar-refractivity contribution in [1.82, 2.24) is 10.6 Å². The number of rotatable bonds is 5. The maximum atomic E-state index is 11.7. The summed E-state index contributed by atoms with van der Waals surface area (Å²) in [7, 11) is 1.79. The van der Waals surface area contributed by atoms with Gasteiger partial charge < -0.3 is 10.6 Å². The first kappa shape index (κ1) is 13.7. The lowest BCUT2D eigenvalue weighted by Gasteiger charge is -2.22. The highest BCUT2D eigenvalue weighted by Gasteiger charge is 2.24. The predicted molar refractivity (Wildman–Crippen MR) is 71.9 cm³/mol. The zero-order valence-electron chi connectivity index (χ0n) is 9.76. The molecule has 1 heterocycles. The van der Waals surface area contributed by atoms with Crippen molar-refractivity contribution in [3.63, 3.8) is 0 Å². The van der Waals surface area contributed by atoms with Crippen LogP contribution in [0.2, 0.25) is 0 Å². The molecule has 1 amide bonds. The fourth-order valence-corrected chi connectivity index (χ4v) is 2.60. The molecule has 0 aliphatic heterocycles. The third kappa shape index (κ3) is 3.88. The lowest BCUT2D eigenvalue weighted by atomic mass is 10.1. The minimum Gasteiger partial charge on any atom is -0.354 e. The van der Waals surface area contributed by atoms with Gasteiger partial charge in [-0.25, -0.2) is 0 Å². The van der Waals surface area contributed by atoms with Crippen molar-refractivity contribution in [3.8, 4) is 0 Å². The second-order valence-electron chi connectivity index (χ2n) is 4.09. The van der Waals surface area contributed by atoms with Crippen molar-refractivity contribution in [2.75, 3.05) is 13.6 Å². The molecule has 0 saturated carbocycles. The lowest BCUT2D eigenvalue weighted by Crippen LogP contribution is -2.51. The molecule has 1 aromatic heterocycles. The van der Waals surface area contributed by atoms with Gasteiger partial charge in [0.15, 0.2) is 0 Å². The number of nitrogens with one attached hydrogen (secondary N) is 2. The molecule has 0 atom stereocenters. The summed E-state index contributed by atoms with van der Waals surface area (Å²) in [6.45, 7) is 4.41. The highest BCUT2D eigenvalue weighted by atomic mass is 79.9. The van der Waals surface area contributed by atoms with Crippen molar-refractivity contribution < 1.29 is 4.79 Å². The number of thiophene rings is 1. The molecule has 2 N–H and O–H groups in total. The van der Waals surface area contributed by atoms with Gasteiger partial charge in [0.25, 0.3) is 0 Å². The van der Waals surface area contributed by atoms with Gasteiger partial charge in [0, 0.05) is 11.4 Å². The summed E-state index contributed by atoms with van der Waals surface area (Å²) in [5.74, 6) is 0.0330. The number of carbonyl (C=O) groups is 1. The number of carbonyl (C=O) groups excluding carboxylic acids is 1. The molecule has 3 nitrogen and oxygen atoms in total. The van der Waals surface area contributed by atoms with Crippen molar-refractivity contribution in [3.05, 3.63) is 20.8 Å². The molecule has 1 rings (SSSR count). The molecule has 0 fully saturated rings. The Bertz CT molecular complexity index is 363. The smallest absolute Gasteiger partial charge is 0.239 e. The number of hydrogen-bond donors (Lipinski definition) is 2. The summed E-state index contributed by atoms with van der Waals surface area (Å²) in [5, 5.41) is 5.90. The number of likely N-dealkylation sites (N-methyl/N-ethyl adjacent to an activating group) is 1. The SMILES string of the molecule is CNC(C)(C)C(=O)NCCc1ccc(Br)s1. The van der Waals surface area contributed by atoms with E-state index in [1.54, 1.807) is 18.4 Å². The molecule has 0 radical (unpaired) electrons. The Morgan fingerprint density at radius 1 is 1.50 bits per heavy atom. The molecule has 0 aliphatic carbocycles. The Kier molecular flexibility index (Phi) is 4.95. The first-order chi connectivity index (χ1) is 7.45. The molecule has 0 spiro atoms. The lowest BCUT2D eigenvalue weighted by molar-refractivity contribution is -0.126. The molecular weight excluding hydrogens is 288 g/mol. The van der Waals surface area contributed by atoms with Crippen LogP contribution in [-0.2, 0) is 11.2 Å². The van der Waals surface area contributed by atoms with Crippen molar-refractivity contribution in [2.24, 2.45) is 0 Å². The second-order valence-corrected chi connectivity index (χ2v) is 6.63. The summed E-state index contributed by atoms with van der Waals surface area (Å²) in [6, 6.07) is 4.10. The maximum absolute atomic E-state index is 11.7. The van der Waals surface area contributed by atoms with Gasteiger partial charge in [-0.15, -0.1) is 11.3 Å². The topological polar surface area (TPSA) is 41.1 Å². The minimum atomic E-state index is -0.504. The monoisotopic (exact) mass is 304 g/mol. The summed E-state index contributed by atoms with van der Waals surface area (Å²) in [4.78, 5) is 13.0. The second kappa shape index (κ2) is 5.80. The van der Waals surface area contributed by atoms with Crippen LogP contribution in [0.15, 0.2) is 15.9 Å². The zero-order chi connectivity index (χ0) is 12.2. The molecule has 1 aromatic rings. The van der Waals surface area contributed by atoms with Crippen molar-refractivity contribution in [1.29, 1.82) is 0 Å². The molecule has 90 valence electrons. The highest BCUT2D eigenvalue weighted by molar-refractivity contribution is 9.11. The van der Waals surface area contributed by atoms with Gasteiger partial charge in [-0.3, -0.25) is 4.79 Å². The molecule has 0 aliphatic rings. The van der Waals surface area contributed by atoms with Gasteiger partial charge >= 0.3 is 0 Å². The van der Waals surface area contributed by atoms with E-state index in [1.165, 1.54) is 4.88 Å². The Labute approximate surface area is 109 Å². The summed E-state index contributed by atoms with van der Waals surface area (Å²) in [6.07, 6.45) is 0.877. The van der Waals surface area contributed by atoms with Gasteiger partial charge in [-0.1, -0.05) is 0 Å². The molecular formula is C11H17BrN2OS. The summed E-state index contributed by atoms with van der Waals surface area (Å²) >= 11 is 5.12. The Morgan fingerprint density at radius 3 is 2.69 bits per heavy atom. The quantitative estimate of drug-likeness (QED) is 0.875. The molecule has 0 bridgehead atoms. The first-order valence-corrected chi connectivity index (χ1v) is 6.78. The van der Waals surface area contributed by atoms with E-state index in [1.807, 2.05) is 19.9 Å². The minimum absolute atomic E-state index is 0.0330. The Hall–Kier alpha value is -0.390. The Balaban J connectivity index is 2.33. The van der Waals surface area contributed by atoms with Crippen molar-refractivity contribution >= 4 is 33.2 Å². The van der Waals surface area contributed by atoms with E-state index in [9.17, 15) is 4.79 Å². The van der Waals surface area contributed by atoms with E-state index in [2.05, 4.69) is 32.6 Å². The molecule has 0 aromatic carbocycles. The zero-order valence-corrected chi connectivity index (χ0v) is 12.2. The van der Waals surface area contributed by atoms with Gasteiger partial charge in [0.2, 0.25) is 5.91 Å². The summed E-state index contributed by atoms with van der Waals surface area (Å²) in [5.41, 5.74) is -0.504. The van der Waals surface area contributed by atoms with Gasteiger partial charge in [0.05, 0.1) is 9.33 Å². The van der Waals surface area contributed by atoms with Crippen LogP contribution >= 0.6 is 27.3 Å². The van der Waals surface area contributed by atoms with E-state index in [-0.39, 0.29) is 5.91 Å². The average molecular weight is 305 g/mol. The highest BCUT2D eigenvalue weighted by Crippen LogP contribution is 2.22. The van der Waals surface area contributed by atoms with Crippen LogP contribution in [0.3, 0.4) is 0 Å². The van der Waals surface area contributed by atoms with Gasteiger partial charge in [0.1, 0.15) is 0 Å². The van der Waals surface area contributed by atoms with E-state index in [0.29, 0.717) is 6.54 Å². The fraction of sp³-hybridized carbons (Fsp3) is 0.545. The maximum Gasteiger partial charge on any atom is 0.239 e.